The van der Waals surface area contributed by atoms with Crippen molar-refractivity contribution in [2.24, 2.45) is 0 Å². The second-order valence-electron chi connectivity index (χ2n) is 7.03. The van der Waals surface area contributed by atoms with Crippen LogP contribution >= 0.6 is 0 Å². The molecule has 0 aromatic rings. The Hall–Kier alpha value is -2.76. The van der Waals surface area contributed by atoms with Crippen LogP contribution in [-0.2, 0) is 24.5 Å². The van der Waals surface area contributed by atoms with E-state index in [1.54, 1.807) is 43.4 Å². The van der Waals surface area contributed by atoms with Crippen LogP contribution in [0.25, 0.3) is 0 Å². The summed E-state index contributed by atoms with van der Waals surface area (Å²) in [5.41, 5.74) is 0.416. The Morgan fingerprint density at radius 2 is 1.72 bits per heavy atom. The molecule has 1 aliphatic carbocycles. The average molecular weight is 470 g/mol. The molecule has 1 unspecified atom stereocenters. The third-order valence-electron chi connectivity index (χ3n) is 4.43. The number of hydrogen-bond acceptors (Lipinski definition) is 6. The summed E-state index contributed by atoms with van der Waals surface area (Å²) in [5, 5.41) is 14.6. The van der Waals surface area contributed by atoms with Gasteiger partial charge >= 0.3 is 5.97 Å². The summed E-state index contributed by atoms with van der Waals surface area (Å²) < 4.78 is 30.9. The quantitative estimate of drug-likeness (QED) is 0.271. The Bertz CT molecular complexity index is 876. The normalized spacial score (nSPS) is 16.2. The highest BCUT2D eigenvalue weighted by Gasteiger charge is 2.25. The summed E-state index contributed by atoms with van der Waals surface area (Å²) in [7, 11) is -4.18. The van der Waals surface area contributed by atoms with Gasteiger partial charge in [-0.05, 0) is 31.5 Å². The van der Waals surface area contributed by atoms with Crippen molar-refractivity contribution in [3.05, 3.63) is 48.1 Å². The fourth-order valence-corrected chi connectivity index (χ4v) is 3.41. The first kappa shape index (κ1) is 27.3. The first-order valence-corrected chi connectivity index (χ1v) is 11.9. The molecule has 0 aliphatic heterocycles. The minimum absolute atomic E-state index is 0.000379. The van der Waals surface area contributed by atoms with Gasteiger partial charge in [-0.25, -0.2) is 0 Å². The molecule has 4 N–H and O–H groups in total. The molecule has 0 radical (unpaired) electrons. The number of hydrogen-bond donors (Lipinski definition) is 4. The number of likely N-dealkylation sites (N-methyl/N-ethyl adjacent to an activating group) is 1. The van der Waals surface area contributed by atoms with Crippen molar-refractivity contribution in [2.75, 3.05) is 31.9 Å². The number of carboxylic acids is 1. The van der Waals surface area contributed by atoms with Crippen molar-refractivity contribution >= 4 is 27.9 Å². The van der Waals surface area contributed by atoms with Gasteiger partial charge in [-0.1, -0.05) is 37.3 Å². The molecule has 1 aliphatic rings. The van der Waals surface area contributed by atoms with Crippen LogP contribution in [0.1, 0.15) is 26.2 Å². The SMILES string of the molecule is CCNC(CNC(=O)C1=C/C=C\C=C/C=C1)C(=O)N(CCCC(=O)O)CCCS(=O)(=O)O. The van der Waals surface area contributed by atoms with Crippen LogP contribution < -0.4 is 10.6 Å². The summed E-state index contributed by atoms with van der Waals surface area (Å²) in [6.45, 7) is 2.36. The molecule has 178 valence electrons. The van der Waals surface area contributed by atoms with Crippen LogP contribution in [0.4, 0.5) is 0 Å². The van der Waals surface area contributed by atoms with Crippen LogP contribution in [0.3, 0.4) is 0 Å². The van der Waals surface area contributed by atoms with E-state index >= 15 is 0 Å². The van der Waals surface area contributed by atoms with E-state index in [0.717, 1.165) is 0 Å². The van der Waals surface area contributed by atoms with E-state index in [4.69, 9.17) is 9.66 Å². The van der Waals surface area contributed by atoms with Crippen LogP contribution in [0, 0.1) is 0 Å². The smallest absolute Gasteiger partial charge is 0.303 e. The largest absolute Gasteiger partial charge is 0.481 e. The molecule has 0 fully saturated rings. The predicted molar refractivity (Wildman–Crippen MR) is 120 cm³/mol. The zero-order valence-corrected chi connectivity index (χ0v) is 18.9. The molecule has 10 nitrogen and oxygen atoms in total. The Morgan fingerprint density at radius 3 is 2.38 bits per heavy atom. The molecule has 32 heavy (non-hydrogen) atoms. The molecule has 11 heteroatoms. The molecule has 2 amide bonds. The standard InChI is InChI=1S/C21H31N3O7S/c1-2-22-18(16-23-20(27)17-10-6-4-3-5-7-11-17)21(28)24(13-8-12-19(25)26)14-9-15-32(29,30)31/h3-7,10-11,18,22H,2,8-9,12-16H2,1H3,(H,23,27)(H,25,26)(H,29,30,31)/b4-3-,5-3?,6-4?,7-5-,10-6?,11-7?,17-10?,17-11?. The Labute approximate surface area is 188 Å². The van der Waals surface area contributed by atoms with Crippen molar-refractivity contribution in [3.8, 4) is 0 Å². The summed E-state index contributed by atoms with van der Waals surface area (Å²) in [6, 6.07) is -0.784. The first-order chi connectivity index (χ1) is 15.1. The van der Waals surface area contributed by atoms with E-state index in [-0.39, 0.29) is 44.8 Å². The van der Waals surface area contributed by atoms with Crippen LogP contribution in [0.5, 0.6) is 0 Å². The molecule has 0 saturated carbocycles. The molecule has 1 atom stereocenters. The number of carbonyl (C=O) groups is 3. The highest BCUT2D eigenvalue weighted by atomic mass is 32.2. The number of nitrogens with one attached hydrogen (secondary N) is 2. The first-order valence-electron chi connectivity index (χ1n) is 10.3. The number of rotatable bonds is 14. The maximum Gasteiger partial charge on any atom is 0.303 e. The number of carbonyl (C=O) groups excluding carboxylic acids is 2. The second kappa shape index (κ2) is 14.3. The molecule has 0 spiro atoms. The fraction of sp³-hybridized carbons (Fsp3) is 0.476. The van der Waals surface area contributed by atoms with Gasteiger partial charge in [0.2, 0.25) is 5.91 Å². The highest BCUT2D eigenvalue weighted by Crippen LogP contribution is 2.05. The summed E-state index contributed by atoms with van der Waals surface area (Å²) in [4.78, 5) is 37.7. The van der Waals surface area contributed by atoms with Gasteiger partial charge in [-0.15, -0.1) is 0 Å². The molecule has 0 aromatic carbocycles. The summed E-state index contributed by atoms with van der Waals surface area (Å²) >= 11 is 0. The monoisotopic (exact) mass is 469 g/mol. The van der Waals surface area contributed by atoms with Crippen LogP contribution in [0.2, 0.25) is 0 Å². The highest BCUT2D eigenvalue weighted by molar-refractivity contribution is 7.85. The third kappa shape index (κ3) is 11.6. The lowest BCUT2D eigenvalue weighted by molar-refractivity contribution is -0.138. The van der Waals surface area contributed by atoms with Crippen molar-refractivity contribution in [1.82, 2.24) is 15.5 Å². The lowest BCUT2D eigenvalue weighted by Gasteiger charge is -2.28. The number of carboxylic acid groups (broad SMARTS) is 1. The molecule has 0 heterocycles. The number of amides is 2. The molecule has 1 rings (SSSR count). The number of allylic oxidation sites excluding steroid dienone is 6. The minimum atomic E-state index is -4.18. The van der Waals surface area contributed by atoms with Gasteiger partial charge in [0.25, 0.3) is 16.0 Å². The van der Waals surface area contributed by atoms with Gasteiger partial charge in [-0.2, -0.15) is 8.42 Å². The Kier molecular flexibility index (Phi) is 12.2. The number of aliphatic carboxylic acids is 1. The topological polar surface area (TPSA) is 153 Å². The fourth-order valence-electron chi connectivity index (χ4n) is 2.92. The van der Waals surface area contributed by atoms with Crippen LogP contribution in [-0.4, -0.2) is 78.7 Å². The summed E-state index contributed by atoms with van der Waals surface area (Å²) in [5.74, 6) is -2.27. The lowest BCUT2D eigenvalue weighted by Crippen LogP contribution is -2.52. The molecular formula is C21H31N3O7S. The molecule has 0 bridgehead atoms. The molecular weight excluding hydrogens is 438 g/mol. The van der Waals surface area contributed by atoms with Crippen molar-refractivity contribution in [3.63, 3.8) is 0 Å². The summed E-state index contributed by atoms with van der Waals surface area (Å²) in [6.07, 6.45) is 12.2. The molecule has 0 aromatic heterocycles. The van der Waals surface area contributed by atoms with Gasteiger partial charge in [0.15, 0.2) is 0 Å². The van der Waals surface area contributed by atoms with Crippen molar-refractivity contribution in [1.29, 1.82) is 0 Å². The second-order valence-corrected chi connectivity index (χ2v) is 8.61. The number of nitrogens with zero attached hydrogens (tertiary/aromatic N) is 1. The minimum Gasteiger partial charge on any atom is -0.481 e. The zero-order valence-electron chi connectivity index (χ0n) is 18.1. The predicted octanol–water partition coefficient (Wildman–Crippen LogP) is 0.661. The van der Waals surface area contributed by atoms with E-state index in [2.05, 4.69) is 10.6 Å². The van der Waals surface area contributed by atoms with E-state index in [0.29, 0.717) is 12.1 Å². The van der Waals surface area contributed by atoms with Crippen LogP contribution in [0.15, 0.2) is 48.1 Å². The zero-order chi connectivity index (χ0) is 24.0. The van der Waals surface area contributed by atoms with Gasteiger partial charge < -0.3 is 20.6 Å². The van der Waals surface area contributed by atoms with Gasteiger partial charge in [0, 0.05) is 31.6 Å². The van der Waals surface area contributed by atoms with Crippen molar-refractivity contribution < 1.29 is 32.5 Å². The van der Waals surface area contributed by atoms with E-state index in [1.165, 1.54) is 4.90 Å². The van der Waals surface area contributed by atoms with E-state index < -0.39 is 33.8 Å². The molecule has 0 saturated heterocycles. The van der Waals surface area contributed by atoms with E-state index in [1.807, 2.05) is 6.08 Å². The average Bonchev–Trinajstić information content (AvgIpc) is 2.68. The van der Waals surface area contributed by atoms with Crippen molar-refractivity contribution in [2.45, 2.75) is 32.2 Å². The van der Waals surface area contributed by atoms with E-state index in [9.17, 15) is 22.8 Å². The lowest BCUT2D eigenvalue weighted by atomic mass is 10.1. The maximum atomic E-state index is 13.1. The Morgan fingerprint density at radius 1 is 1.06 bits per heavy atom. The van der Waals surface area contributed by atoms with Gasteiger partial charge in [-0.3, -0.25) is 18.9 Å². The Balaban J connectivity index is 2.82. The maximum absolute atomic E-state index is 13.1. The van der Waals surface area contributed by atoms with Gasteiger partial charge in [0.05, 0.1) is 5.75 Å². The van der Waals surface area contributed by atoms with Gasteiger partial charge in [0.1, 0.15) is 6.04 Å². The third-order valence-corrected chi connectivity index (χ3v) is 5.24.